The van der Waals surface area contributed by atoms with E-state index in [1.165, 1.54) is 22.4 Å². The number of hydrogen-bond acceptors (Lipinski definition) is 5. The molecule has 0 radical (unpaired) electrons. The number of nitrogens with zero attached hydrogens (tertiary/aromatic N) is 3. The summed E-state index contributed by atoms with van der Waals surface area (Å²) in [5.41, 5.74) is 5.92. The number of hydrogen-bond donors (Lipinski definition) is 2. The molecule has 0 spiro atoms. The normalized spacial score (nSPS) is 10.6. The fraction of sp³-hybridized carbons (Fsp3) is 0.304. The lowest BCUT2D eigenvalue weighted by Gasteiger charge is -2.22. The van der Waals surface area contributed by atoms with Gasteiger partial charge in [-0.25, -0.2) is 4.98 Å². The minimum Gasteiger partial charge on any atom is -0.372 e. The lowest BCUT2D eigenvalue weighted by Crippen LogP contribution is -2.21. The van der Waals surface area contributed by atoms with E-state index in [4.69, 9.17) is 0 Å². The molecule has 3 aromatic rings. The molecular weight excluding hydrogens is 346 g/mol. The van der Waals surface area contributed by atoms with Crippen molar-refractivity contribution in [3.05, 3.63) is 71.4 Å². The van der Waals surface area contributed by atoms with Gasteiger partial charge in [-0.15, -0.1) is 0 Å². The SMILES string of the molecule is CCN(CC)c1ccc(Nc2nccc(NCc3cccc(C)c3)n2)c(C)c1. The van der Waals surface area contributed by atoms with Crippen LogP contribution in [0.15, 0.2) is 54.7 Å². The van der Waals surface area contributed by atoms with Gasteiger partial charge in [0, 0.05) is 37.2 Å². The first-order valence-corrected chi connectivity index (χ1v) is 9.84. The lowest BCUT2D eigenvalue weighted by molar-refractivity contribution is 0.866. The minimum absolute atomic E-state index is 0.591. The molecule has 0 aliphatic heterocycles. The van der Waals surface area contributed by atoms with E-state index in [2.05, 4.69) is 95.7 Å². The first kappa shape index (κ1) is 19.7. The third-order valence-corrected chi connectivity index (χ3v) is 4.80. The van der Waals surface area contributed by atoms with Crippen LogP contribution in [0, 0.1) is 13.8 Å². The number of aromatic nitrogens is 2. The van der Waals surface area contributed by atoms with Crippen LogP contribution in [0.3, 0.4) is 0 Å². The molecule has 1 heterocycles. The molecule has 0 amide bonds. The third-order valence-electron chi connectivity index (χ3n) is 4.80. The molecule has 5 heteroatoms. The average Bonchev–Trinajstić information content (AvgIpc) is 2.70. The van der Waals surface area contributed by atoms with Gasteiger partial charge in [0.1, 0.15) is 5.82 Å². The van der Waals surface area contributed by atoms with Crippen LogP contribution in [-0.4, -0.2) is 23.1 Å². The van der Waals surface area contributed by atoms with Crippen LogP contribution in [0.25, 0.3) is 0 Å². The summed E-state index contributed by atoms with van der Waals surface area (Å²) in [6.07, 6.45) is 1.77. The molecule has 0 aliphatic carbocycles. The van der Waals surface area contributed by atoms with Crippen LogP contribution < -0.4 is 15.5 Å². The molecule has 0 atom stereocenters. The van der Waals surface area contributed by atoms with Crippen molar-refractivity contribution in [2.24, 2.45) is 0 Å². The standard InChI is InChI=1S/C23H29N5/c1-5-28(6-2)20-10-11-21(18(4)15-20)26-23-24-13-12-22(27-23)25-16-19-9-7-8-17(3)14-19/h7-15H,5-6,16H2,1-4H3,(H2,24,25,26,27). The van der Waals surface area contributed by atoms with Crippen LogP contribution in [-0.2, 0) is 6.54 Å². The monoisotopic (exact) mass is 375 g/mol. The van der Waals surface area contributed by atoms with Crippen molar-refractivity contribution < 1.29 is 0 Å². The molecule has 2 N–H and O–H groups in total. The van der Waals surface area contributed by atoms with Crippen molar-refractivity contribution in [2.45, 2.75) is 34.2 Å². The van der Waals surface area contributed by atoms with Crippen LogP contribution in [0.2, 0.25) is 0 Å². The Labute approximate surface area is 167 Å². The maximum absolute atomic E-state index is 4.59. The van der Waals surface area contributed by atoms with Gasteiger partial charge in [-0.3, -0.25) is 0 Å². The third kappa shape index (κ3) is 5.00. The highest BCUT2D eigenvalue weighted by molar-refractivity contribution is 5.64. The van der Waals surface area contributed by atoms with Crippen LogP contribution in [0.4, 0.5) is 23.1 Å². The van der Waals surface area contributed by atoms with Crippen LogP contribution in [0.1, 0.15) is 30.5 Å². The Morgan fingerprint density at radius 3 is 2.50 bits per heavy atom. The topological polar surface area (TPSA) is 53.1 Å². The van der Waals surface area contributed by atoms with E-state index < -0.39 is 0 Å². The fourth-order valence-corrected chi connectivity index (χ4v) is 3.23. The highest BCUT2D eigenvalue weighted by Crippen LogP contribution is 2.24. The molecule has 0 unspecified atom stereocenters. The van der Waals surface area contributed by atoms with Crippen molar-refractivity contribution >= 4 is 23.1 Å². The second-order valence-electron chi connectivity index (χ2n) is 6.90. The number of aryl methyl sites for hydroxylation is 2. The zero-order valence-electron chi connectivity index (χ0n) is 17.2. The smallest absolute Gasteiger partial charge is 0.229 e. The Morgan fingerprint density at radius 2 is 1.79 bits per heavy atom. The molecule has 146 valence electrons. The molecule has 28 heavy (non-hydrogen) atoms. The van der Waals surface area contributed by atoms with Gasteiger partial charge >= 0.3 is 0 Å². The van der Waals surface area contributed by atoms with Crippen molar-refractivity contribution in [3.8, 4) is 0 Å². The van der Waals surface area contributed by atoms with Gasteiger partial charge in [-0.05, 0) is 63.1 Å². The predicted molar refractivity (Wildman–Crippen MR) is 119 cm³/mol. The summed E-state index contributed by atoms with van der Waals surface area (Å²) in [7, 11) is 0. The van der Waals surface area contributed by atoms with Gasteiger partial charge in [0.15, 0.2) is 0 Å². The second-order valence-corrected chi connectivity index (χ2v) is 6.90. The van der Waals surface area contributed by atoms with Gasteiger partial charge in [0.05, 0.1) is 0 Å². The van der Waals surface area contributed by atoms with Crippen molar-refractivity contribution in [1.29, 1.82) is 0 Å². The molecule has 2 aromatic carbocycles. The van der Waals surface area contributed by atoms with E-state index >= 15 is 0 Å². The summed E-state index contributed by atoms with van der Waals surface area (Å²) >= 11 is 0. The van der Waals surface area contributed by atoms with E-state index in [0.717, 1.165) is 31.1 Å². The van der Waals surface area contributed by atoms with Gasteiger partial charge < -0.3 is 15.5 Å². The predicted octanol–water partition coefficient (Wildman–Crippen LogP) is 5.30. The lowest BCUT2D eigenvalue weighted by atomic mass is 10.1. The molecular formula is C23H29N5. The van der Waals surface area contributed by atoms with Crippen molar-refractivity contribution in [3.63, 3.8) is 0 Å². The fourth-order valence-electron chi connectivity index (χ4n) is 3.23. The summed E-state index contributed by atoms with van der Waals surface area (Å²) in [4.78, 5) is 11.3. The van der Waals surface area contributed by atoms with Crippen molar-refractivity contribution in [2.75, 3.05) is 28.6 Å². The van der Waals surface area contributed by atoms with E-state index in [0.29, 0.717) is 5.95 Å². The molecule has 0 saturated carbocycles. The van der Waals surface area contributed by atoms with Crippen LogP contribution in [0.5, 0.6) is 0 Å². The zero-order valence-corrected chi connectivity index (χ0v) is 17.2. The first-order valence-electron chi connectivity index (χ1n) is 9.84. The Balaban J connectivity index is 1.69. The number of anilines is 4. The largest absolute Gasteiger partial charge is 0.372 e. The summed E-state index contributed by atoms with van der Waals surface area (Å²) in [6.45, 7) is 11.3. The maximum atomic E-state index is 4.59. The second kappa shape index (κ2) is 9.22. The molecule has 0 aliphatic rings. The maximum Gasteiger partial charge on any atom is 0.229 e. The zero-order chi connectivity index (χ0) is 19.9. The van der Waals surface area contributed by atoms with Crippen LogP contribution >= 0.6 is 0 Å². The molecule has 0 saturated heterocycles. The quantitative estimate of drug-likeness (QED) is 0.560. The van der Waals surface area contributed by atoms with Gasteiger partial charge in [-0.1, -0.05) is 29.8 Å². The summed E-state index contributed by atoms with van der Waals surface area (Å²) in [6, 6.07) is 16.8. The molecule has 5 nitrogen and oxygen atoms in total. The highest BCUT2D eigenvalue weighted by Gasteiger charge is 2.07. The van der Waals surface area contributed by atoms with Gasteiger partial charge in [0.2, 0.25) is 5.95 Å². The Hall–Kier alpha value is -3.08. The van der Waals surface area contributed by atoms with Crippen molar-refractivity contribution in [1.82, 2.24) is 9.97 Å². The minimum atomic E-state index is 0.591. The number of nitrogens with one attached hydrogen (secondary N) is 2. The summed E-state index contributed by atoms with van der Waals surface area (Å²) < 4.78 is 0. The van der Waals surface area contributed by atoms with Gasteiger partial charge in [-0.2, -0.15) is 4.98 Å². The summed E-state index contributed by atoms with van der Waals surface area (Å²) in [5.74, 6) is 1.39. The molecule has 3 rings (SSSR count). The summed E-state index contributed by atoms with van der Waals surface area (Å²) in [5, 5.41) is 6.71. The van der Waals surface area contributed by atoms with E-state index in [1.807, 2.05) is 6.07 Å². The van der Waals surface area contributed by atoms with E-state index in [9.17, 15) is 0 Å². The first-order chi connectivity index (χ1) is 13.6. The highest BCUT2D eigenvalue weighted by atomic mass is 15.1. The number of rotatable bonds is 8. The number of benzene rings is 2. The average molecular weight is 376 g/mol. The Kier molecular flexibility index (Phi) is 6.48. The Bertz CT molecular complexity index is 918. The van der Waals surface area contributed by atoms with E-state index in [1.54, 1.807) is 6.20 Å². The molecule has 0 fully saturated rings. The molecule has 0 bridgehead atoms. The molecule has 1 aromatic heterocycles. The van der Waals surface area contributed by atoms with E-state index in [-0.39, 0.29) is 0 Å². The Morgan fingerprint density at radius 1 is 0.964 bits per heavy atom. The van der Waals surface area contributed by atoms with Gasteiger partial charge in [0.25, 0.3) is 0 Å².